The number of pyridine rings is 1. The van der Waals surface area contributed by atoms with Crippen molar-refractivity contribution in [2.24, 2.45) is 4.99 Å². The molecule has 0 aliphatic rings. The molecular weight excluding hydrogens is 246 g/mol. The van der Waals surface area contributed by atoms with Gasteiger partial charge in [0.2, 0.25) is 6.08 Å². The van der Waals surface area contributed by atoms with Gasteiger partial charge in [-0.15, -0.1) is 4.99 Å². The molecule has 0 aliphatic heterocycles. The van der Waals surface area contributed by atoms with Crippen LogP contribution in [0.2, 0.25) is 0 Å². The van der Waals surface area contributed by atoms with Crippen LogP contribution in [0.5, 0.6) is 0 Å². The fourth-order valence-corrected chi connectivity index (χ4v) is 1.75. The lowest BCUT2D eigenvalue weighted by Crippen LogP contribution is -1.83. The molecule has 0 bridgehead atoms. The van der Waals surface area contributed by atoms with Crippen molar-refractivity contribution >= 4 is 33.5 Å². The predicted octanol–water partition coefficient (Wildman–Crippen LogP) is 2.37. The van der Waals surface area contributed by atoms with Crippen molar-refractivity contribution < 1.29 is 4.79 Å². The van der Waals surface area contributed by atoms with E-state index in [1.807, 2.05) is 12.1 Å². The van der Waals surface area contributed by atoms with Gasteiger partial charge in [0.05, 0.1) is 10.2 Å². The molecule has 0 N–H and O–H groups in total. The SMILES string of the molecule is Cc1nc2c(Br)cccn2c1N=C=O. The van der Waals surface area contributed by atoms with E-state index in [2.05, 4.69) is 25.9 Å². The first-order valence-electron chi connectivity index (χ1n) is 3.95. The van der Waals surface area contributed by atoms with Gasteiger partial charge in [-0.25, -0.2) is 9.78 Å². The number of halogens is 1. The van der Waals surface area contributed by atoms with Gasteiger partial charge in [-0.3, -0.25) is 4.40 Å². The largest absolute Gasteiger partial charge is 0.283 e. The van der Waals surface area contributed by atoms with Crippen LogP contribution in [0.1, 0.15) is 5.69 Å². The van der Waals surface area contributed by atoms with Crippen molar-refractivity contribution in [1.29, 1.82) is 0 Å². The summed E-state index contributed by atoms with van der Waals surface area (Å²) in [5.74, 6) is 0.524. The number of aromatic nitrogens is 2. The lowest BCUT2D eigenvalue weighted by atomic mass is 10.5. The zero-order valence-electron chi connectivity index (χ0n) is 7.36. The molecule has 4 nitrogen and oxygen atoms in total. The van der Waals surface area contributed by atoms with E-state index < -0.39 is 0 Å². The normalized spacial score (nSPS) is 10.1. The molecule has 0 saturated heterocycles. The van der Waals surface area contributed by atoms with E-state index in [-0.39, 0.29) is 0 Å². The van der Waals surface area contributed by atoms with Crippen molar-refractivity contribution in [1.82, 2.24) is 9.38 Å². The van der Waals surface area contributed by atoms with Crippen molar-refractivity contribution in [3.63, 3.8) is 0 Å². The van der Waals surface area contributed by atoms with E-state index in [9.17, 15) is 4.79 Å². The van der Waals surface area contributed by atoms with Crippen LogP contribution in [-0.2, 0) is 4.79 Å². The second kappa shape index (κ2) is 3.36. The molecule has 2 heterocycles. The Morgan fingerprint density at radius 1 is 1.64 bits per heavy atom. The van der Waals surface area contributed by atoms with Crippen LogP contribution in [-0.4, -0.2) is 15.5 Å². The maximum Gasteiger partial charge on any atom is 0.242 e. The highest BCUT2D eigenvalue weighted by molar-refractivity contribution is 9.10. The Kier molecular flexibility index (Phi) is 2.19. The van der Waals surface area contributed by atoms with Gasteiger partial charge in [0.1, 0.15) is 0 Å². The van der Waals surface area contributed by atoms with E-state index in [0.717, 1.165) is 10.1 Å². The summed E-state index contributed by atoms with van der Waals surface area (Å²) in [6.45, 7) is 1.80. The number of hydrogen-bond acceptors (Lipinski definition) is 3. The first-order valence-corrected chi connectivity index (χ1v) is 4.74. The Labute approximate surface area is 88.4 Å². The molecule has 0 fully saturated rings. The van der Waals surface area contributed by atoms with E-state index in [4.69, 9.17) is 0 Å². The maximum absolute atomic E-state index is 10.2. The molecule has 0 radical (unpaired) electrons. The Balaban J connectivity index is 2.90. The zero-order chi connectivity index (χ0) is 10.1. The molecule has 70 valence electrons. The van der Waals surface area contributed by atoms with Gasteiger partial charge in [0.25, 0.3) is 0 Å². The van der Waals surface area contributed by atoms with Gasteiger partial charge in [0, 0.05) is 6.20 Å². The smallest absolute Gasteiger partial charge is 0.242 e. The minimum atomic E-state index is 0.524. The van der Waals surface area contributed by atoms with Crippen molar-refractivity contribution in [3.8, 4) is 0 Å². The predicted molar refractivity (Wildman–Crippen MR) is 55.4 cm³/mol. The molecule has 5 heteroatoms. The highest BCUT2D eigenvalue weighted by Gasteiger charge is 2.08. The summed E-state index contributed by atoms with van der Waals surface area (Å²) in [4.78, 5) is 18.1. The summed E-state index contributed by atoms with van der Waals surface area (Å²) in [6.07, 6.45) is 3.32. The summed E-state index contributed by atoms with van der Waals surface area (Å²) in [5.41, 5.74) is 1.46. The Morgan fingerprint density at radius 2 is 2.43 bits per heavy atom. The van der Waals surface area contributed by atoms with Crippen LogP contribution in [0.3, 0.4) is 0 Å². The first-order chi connectivity index (χ1) is 6.74. The summed E-state index contributed by atoms with van der Waals surface area (Å²) < 4.78 is 2.61. The average molecular weight is 252 g/mol. The van der Waals surface area contributed by atoms with Crippen LogP contribution < -0.4 is 0 Å². The summed E-state index contributed by atoms with van der Waals surface area (Å²) in [5, 5.41) is 0. The summed E-state index contributed by atoms with van der Waals surface area (Å²) >= 11 is 3.37. The molecule has 0 saturated carbocycles. The Bertz CT molecular complexity index is 540. The monoisotopic (exact) mass is 251 g/mol. The molecule has 0 unspecified atom stereocenters. The second-order valence-corrected chi connectivity index (χ2v) is 3.63. The average Bonchev–Trinajstić information content (AvgIpc) is 2.47. The molecule has 2 aromatic rings. The fourth-order valence-electron chi connectivity index (χ4n) is 1.31. The van der Waals surface area contributed by atoms with Crippen molar-refractivity contribution in [3.05, 3.63) is 28.5 Å². The van der Waals surface area contributed by atoms with Crippen LogP contribution in [0.25, 0.3) is 5.65 Å². The van der Waals surface area contributed by atoms with Gasteiger partial charge in [-0.05, 0) is 35.0 Å². The molecule has 2 rings (SSSR count). The number of isocyanates is 1. The van der Waals surface area contributed by atoms with Gasteiger partial charge in [0.15, 0.2) is 11.5 Å². The van der Waals surface area contributed by atoms with Gasteiger partial charge >= 0.3 is 0 Å². The Hall–Kier alpha value is -1.45. The lowest BCUT2D eigenvalue weighted by molar-refractivity contribution is 0.565. The number of fused-ring (bicyclic) bond motifs is 1. The highest BCUT2D eigenvalue weighted by atomic mass is 79.9. The van der Waals surface area contributed by atoms with E-state index in [1.165, 1.54) is 6.08 Å². The third kappa shape index (κ3) is 1.27. The number of carbonyl (C=O) groups excluding carboxylic acids is 1. The third-order valence-corrected chi connectivity index (χ3v) is 2.52. The molecule has 0 atom stereocenters. The maximum atomic E-state index is 10.2. The molecule has 0 amide bonds. The zero-order valence-corrected chi connectivity index (χ0v) is 8.95. The standard InChI is InChI=1S/C9H6BrN3O/c1-6-8(11-5-14)13-4-2-3-7(10)9(13)12-6/h2-4H,1H3. The van der Waals surface area contributed by atoms with Crippen LogP contribution in [0.15, 0.2) is 27.8 Å². The quantitative estimate of drug-likeness (QED) is 0.577. The van der Waals surface area contributed by atoms with E-state index >= 15 is 0 Å². The number of nitrogens with zero attached hydrogens (tertiary/aromatic N) is 3. The molecule has 0 aliphatic carbocycles. The third-order valence-electron chi connectivity index (χ3n) is 1.90. The van der Waals surface area contributed by atoms with E-state index in [0.29, 0.717) is 11.5 Å². The topological polar surface area (TPSA) is 46.7 Å². The molecular formula is C9H6BrN3O. The molecule has 14 heavy (non-hydrogen) atoms. The fraction of sp³-hybridized carbons (Fsp3) is 0.111. The number of aryl methyl sites for hydroxylation is 1. The second-order valence-electron chi connectivity index (χ2n) is 2.77. The van der Waals surface area contributed by atoms with Gasteiger partial charge < -0.3 is 0 Å². The van der Waals surface area contributed by atoms with Crippen LogP contribution in [0, 0.1) is 6.92 Å². The number of hydrogen-bond donors (Lipinski definition) is 0. The minimum absolute atomic E-state index is 0.524. The van der Waals surface area contributed by atoms with Gasteiger partial charge in [-0.2, -0.15) is 0 Å². The first kappa shape index (κ1) is 9.12. The van der Waals surface area contributed by atoms with Crippen LogP contribution in [0.4, 0.5) is 5.82 Å². The lowest BCUT2D eigenvalue weighted by Gasteiger charge is -1.95. The Morgan fingerprint density at radius 3 is 3.14 bits per heavy atom. The molecule has 0 spiro atoms. The highest BCUT2D eigenvalue weighted by Crippen LogP contribution is 2.24. The van der Waals surface area contributed by atoms with Crippen molar-refractivity contribution in [2.75, 3.05) is 0 Å². The summed E-state index contributed by atoms with van der Waals surface area (Å²) in [7, 11) is 0. The number of rotatable bonds is 1. The number of aliphatic imine (C=N–C) groups is 1. The number of imidazole rings is 1. The molecule has 0 aromatic carbocycles. The minimum Gasteiger partial charge on any atom is -0.283 e. The van der Waals surface area contributed by atoms with Crippen molar-refractivity contribution in [2.45, 2.75) is 6.92 Å². The van der Waals surface area contributed by atoms with Gasteiger partial charge in [-0.1, -0.05) is 0 Å². The summed E-state index contributed by atoms with van der Waals surface area (Å²) in [6, 6.07) is 3.73. The molecule has 2 aromatic heterocycles. The van der Waals surface area contributed by atoms with Crippen LogP contribution >= 0.6 is 15.9 Å². The van der Waals surface area contributed by atoms with E-state index in [1.54, 1.807) is 17.5 Å².